The van der Waals surface area contributed by atoms with Crippen LogP contribution < -0.4 is 0 Å². The molecule has 0 aromatic heterocycles. The Kier molecular flexibility index (Phi) is 74.1. The van der Waals surface area contributed by atoms with Crippen molar-refractivity contribution in [1.29, 1.82) is 0 Å². The molecule has 0 aliphatic heterocycles. The molecule has 0 bridgehead atoms. The smallest absolute Gasteiger partial charge is 0.462 e. The van der Waals surface area contributed by atoms with E-state index in [1.165, 1.54) is 263 Å². The highest BCUT2D eigenvalue weighted by Crippen LogP contribution is 2.45. The van der Waals surface area contributed by atoms with Gasteiger partial charge >= 0.3 is 39.5 Å². The van der Waals surface area contributed by atoms with Gasteiger partial charge < -0.3 is 33.8 Å². The zero-order valence-electron chi connectivity index (χ0n) is 67.6. The van der Waals surface area contributed by atoms with Crippen LogP contribution in [0.4, 0.5) is 0 Å². The van der Waals surface area contributed by atoms with Crippen LogP contribution in [0.25, 0.3) is 0 Å². The molecule has 0 aliphatic carbocycles. The van der Waals surface area contributed by atoms with Crippen molar-refractivity contribution in [2.75, 3.05) is 39.6 Å². The van der Waals surface area contributed by atoms with Crippen LogP contribution in [0.1, 0.15) is 446 Å². The van der Waals surface area contributed by atoms with E-state index in [1.807, 2.05) is 0 Å². The van der Waals surface area contributed by atoms with Gasteiger partial charge in [0.2, 0.25) is 0 Å². The van der Waals surface area contributed by atoms with E-state index in [0.717, 1.165) is 102 Å². The molecule has 0 spiro atoms. The van der Waals surface area contributed by atoms with Crippen LogP contribution in [0, 0.1) is 11.8 Å². The van der Waals surface area contributed by atoms with Gasteiger partial charge in [0.05, 0.1) is 26.4 Å². The monoisotopic (exact) mass is 1510 g/mol. The van der Waals surface area contributed by atoms with Crippen molar-refractivity contribution in [3.63, 3.8) is 0 Å². The summed E-state index contributed by atoms with van der Waals surface area (Å²) in [5.41, 5.74) is 0. The summed E-state index contributed by atoms with van der Waals surface area (Å²) in [5, 5.41) is 10.7. The van der Waals surface area contributed by atoms with Crippen LogP contribution in [0.5, 0.6) is 0 Å². The topological polar surface area (TPSA) is 237 Å². The lowest BCUT2D eigenvalue weighted by Gasteiger charge is -2.21. The summed E-state index contributed by atoms with van der Waals surface area (Å²) >= 11 is 0. The number of phosphoric ester groups is 2. The molecule has 3 unspecified atom stereocenters. The number of unbranched alkanes of at least 4 members (excludes halogenated alkanes) is 52. The fourth-order valence-corrected chi connectivity index (χ4v) is 14.6. The molecule has 612 valence electrons. The quantitative estimate of drug-likeness (QED) is 0.0222. The second kappa shape index (κ2) is 75.5. The van der Waals surface area contributed by atoms with Crippen molar-refractivity contribution in [3.05, 3.63) is 0 Å². The minimum absolute atomic E-state index is 0.108. The van der Waals surface area contributed by atoms with Crippen molar-refractivity contribution in [2.45, 2.75) is 464 Å². The van der Waals surface area contributed by atoms with Crippen molar-refractivity contribution in [2.24, 2.45) is 11.8 Å². The predicted octanol–water partition coefficient (Wildman–Crippen LogP) is 25.5. The Hall–Kier alpha value is -1.94. The van der Waals surface area contributed by atoms with Crippen LogP contribution in [0.15, 0.2) is 0 Å². The third kappa shape index (κ3) is 76.6. The number of aliphatic hydroxyl groups is 1. The van der Waals surface area contributed by atoms with E-state index >= 15 is 0 Å². The number of carbonyl (C=O) groups is 4. The maximum Gasteiger partial charge on any atom is 0.472 e. The Balaban J connectivity index is 5.27. The maximum atomic E-state index is 13.1. The Morgan fingerprint density at radius 2 is 0.495 bits per heavy atom. The lowest BCUT2D eigenvalue weighted by Crippen LogP contribution is -2.30. The summed E-state index contributed by atoms with van der Waals surface area (Å²) in [4.78, 5) is 73.2. The molecule has 0 fully saturated rings. The standard InChI is InChI=1S/C84H164O17P2/c1-7-10-12-14-16-18-20-22-23-24-25-30-37-43-49-55-61-67-82(87)95-73-79(100-83(88)68-62-56-50-44-38-31-27-26-29-35-41-47-53-59-65-77(6)9-3)74-98-102(90,91)96-70-78(85)71-97-103(92,93)99-75-80(72-94-81(86)66-60-54-48-42-36-28-21-19-17-15-13-11-8-2)101-84(89)69-63-57-51-45-39-33-32-34-40-46-52-58-64-76(4)5/h76-80,85H,7-75H2,1-6H3,(H,90,91)(H,92,93)/t77?,78-,79-,80-/m1/s1. The third-order valence-corrected chi connectivity index (χ3v) is 22.0. The first-order valence-corrected chi connectivity index (χ1v) is 46.5. The van der Waals surface area contributed by atoms with E-state index < -0.39 is 97.5 Å². The minimum Gasteiger partial charge on any atom is -0.462 e. The highest BCUT2D eigenvalue weighted by Gasteiger charge is 2.30. The molecule has 6 atom stereocenters. The first kappa shape index (κ1) is 101. The number of phosphoric acid groups is 2. The first-order valence-electron chi connectivity index (χ1n) is 43.5. The van der Waals surface area contributed by atoms with Gasteiger partial charge in [0, 0.05) is 25.7 Å². The Labute approximate surface area is 632 Å². The zero-order chi connectivity index (χ0) is 75.6. The summed E-state index contributed by atoms with van der Waals surface area (Å²) in [6.07, 6.45) is 66.4. The molecular weight excluding hydrogens is 1340 g/mol. The molecule has 0 aromatic carbocycles. The van der Waals surface area contributed by atoms with Gasteiger partial charge in [0.15, 0.2) is 12.2 Å². The average Bonchev–Trinajstić information content (AvgIpc) is 0.911. The molecule has 0 saturated heterocycles. The van der Waals surface area contributed by atoms with E-state index in [1.54, 1.807) is 0 Å². The highest BCUT2D eigenvalue weighted by molar-refractivity contribution is 7.47. The van der Waals surface area contributed by atoms with Crippen molar-refractivity contribution >= 4 is 39.5 Å². The summed E-state index contributed by atoms with van der Waals surface area (Å²) in [6.45, 7) is 9.73. The molecule has 0 amide bonds. The SMILES string of the molecule is CCCCCCCCCCCCCCCCCCCC(=O)OC[C@H](COP(=O)(O)OC[C@@H](O)COP(=O)(O)OC[C@@H](COC(=O)CCCCCCCCCCCCCCC)OC(=O)CCCCCCCCCCCCCCC(C)C)OC(=O)CCCCCCCCCCCCCCCCC(C)CC. The molecule has 0 heterocycles. The lowest BCUT2D eigenvalue weighted by atomic mass is 9.99. The maximum absolute atomic E-state index is 13.1. The Morgan fingerprint density at radius 1 is 0.282 bits per heavy atom. The molecule has 0 aromatic rings. The fraction of sp³-hybridized carbons (Fsp3) is 0.952. The third-order valence-electron chi connectivity index (χ3n) is 20.1. The van der Waals surface area contributed by atoms with E-state index in [2.05, 4.69) is 41.5 Å². The van der Waals surface area contributed by atoms with Gasteiger partial charge in [-0.05, 0) is 37.5 Å². The second-order valence-corrected chi connectivity index (χ2v) is 33.8. The van der Waals surface area contributed by atoms with Crippen LogP contribution >= 0.6 is 15.6 Å². The normalized spacial score (nSPS) is 14.1. The predicted molar refractivity (Wildman–Crippen MR) is 423 cm³/mol. The largest absolute Gasteiger partial charge is 0.472 e. The van der Waals surface area contributed by atoms with E-state index in [0.29, 0.717) is 25.7 Å². The van der Waals surface area contributed by atoms with Crippen LogP contribution in [-0.2, 0) is 65.4 Å². The van der Waals surface area contributed by atoms with E-state index in [4.69, 9.17) is 37.0 Å². The molecule has 17 nitrogen and oxygen atoms in total. The molecular formula is C84H164O17P2. The Bertz CT molecular complexity index is 1980. The molecule has 0 rings (SSSR count). The minimum atomic E-state index is -4.96. The summed E-state index contributed by atoms with van der Waals surface area (Å²) in [5.74, 6) is -0.479. The fourth-order valence-electron chi connectivity index (χ4n) is 13.0. The van der Waals surface area contributed by atoms with Gasteiger partial charge in [-0.15, -0.1) is 0 Å². The van der Waals surface area contributed by atoms with Gasteiger partial charge in [-0.2, -0.15) is 0 Å². The van der Waals surface area contributed by atoms with Gasteiger partial charge in [-0.3, -0.25) is 37.3 Å². The van der Waals surface area contributed by atoms with Crippen molar-refractivity contribution in [3.8, 4) is 0 Å². The summed E-state index contributed by atoms with van der Waals surface area (Å²) < 4.78 is 68.9. The number of rotatable bonds is 83. The lowest BCUT2D eigenvalue weighted by molar-refractivity contribution is -0.161. The van der Waals surface area contributed by atoms with Gasteiger partial charge in [-0.25, -0.2) is 9.13 Å². The number of esters is 4. The molecule has 19 heteroatoms. The van der Waals surface area contributed by atoms with E-state index in [-0.39, 0.29) is 25.7 Å². The van der Waals surface area contributed by atoms with E-state index in [9.17, 15) is 43.2 Å². The Morgan fingerprint density at radius 3 is 0.738 bits per heavy atom. The number of carbonyl (C=O) groups excluding carboxylic acids is 4. The summed E-state index contributed by atoms with van der Waals surface area (Å²) in [6, 6.07) is 0. The molecule has 3 N–H and O–H groups in total. The molecule has 0 radical (unpaired) electrons. The average molecular weight is 1510 g/mol. The van der Waals surface area contributed by atoms with Crippen LogP contribution in [0.2, 0.25) is 0 Å². The number of hydrogen-bond acceptors (Lipinski definition) is 15. The van der Waals surface area contributed by atoms with Gasteiger partial charge in [-0.1, -0.05) is 395 Å². The summed E-state index contributed by atoms with van der Waals surface area (Å²) in [7, 11) is -9.93. The zero-order valence-corrected chi connectivity index (χ0v) is 69.4. The molecule has 0 aliphatic rings. The number of ether oxygens (including phenoxy) is 4. The number of hydrogen-bond donors (Lipinski definition) is 3. The molecule has 103 heavy (non-hydrogen) atoms. The van der Waals surface area contributed by atoms with Crippen LogP contribution in [0.3, 0.4) is 0 Å². The van der Waals surface area contributed by atoms with Crippen molar-refractivity contribution in [1.82, 2.24) is 0 Å². The molecule has 0 saturated carbocycles. The van der Waals surface area contributed by atoms with Crippen LogP contribution in [-0.4, -0.2) is 96.7 Å². The second-order valence-electron chi connectivity index (χ2n) is 30.9. The van der Waals surface area contributed by atoms with Gasteiger partial charge in [0.1, 0.15) is 19.3 Å². The van der Waals surface area contributed by atoms with Gasteiger partial charge in [0.25, 0.3) is 0 Å². The number of aliphatic hydroxyl groups excluding tert-OH is 1. The highest BCUT2D eigenvalue weighted by atomic mass is 31.2. The van der Waals surface area contributed by atoms with Crippen molar-refractivity contribution < 1.29 is 80.2 Å². The first-order chi connectivity index (χ1) is 49.9.